The zero-order valence-corrected chi connectivity index (χ0v) is 18.2. The summed E-state index contributed by atoms with van der Waals surface area (Å²) in [6.07, 6.45) is 0. The van der Waals surface area contributed by atoms with Crippen molar-refractivity contribution in [3.05, 3.63) is 99.5 Å². The fourth-order valence-corrected chi connectivity index (χ4v) is 4.25. The Labute approximate surface area is 189 Å². The minimum atomic E-state index is -0.439. The summed E-state index contributed by atoms with van der Waals surface area (Å²) >= 11 is 7.16. The molecular formula is C24H19ClN2O3S. The van der Waals surface area contributed by atoms with Gasteiger partial charge in [0.25, 0.3) is 11.8 Å². The van der Waals surface area contributed by atoms with Gasteiger partial charge in [0.15, 0.2) is 0 Å². The Balaban J connectivity index is 1.70. The second-order valence-corrected chi connectivity index (χ2v) is 8.61. The second-order valence-electron chi connectivity index (χ2n) is 7.09. The van der Waals surface area contributed by atoms with Crippen molar-refractivity contribution in [3.63, 3.8) is 0 Å². The summed E-state index contributed by atoms with van der Waals surface area (Å²) in [5.74, 6) is -0.828. The lowest BCUT2D eigenvalue weighted by atomic mass is 10.2. The van der Waals surface area contributed by atoms with Gasteiger partial charge < -0.3 is 10.4 Å². The van der Waals surface area contributed by atoms with E-state index in [2.05, 4.69) is 5.32 Å². The second kappa shape index (κ2) is 8.88. The number of rotatable bonds is 6. The molecule has 0 saturated carbocycles. The lowest BCUT2D eigenvalue weighted by Gasteiger charge is -2.15. The fraction of sp³-hybridized carbons (Fsp3) is 0.0833. The van der Waals surface area contributed by atoms with Crippen molar-refractivity contribution < 1.29 is 14.7 Å². The molecule has 1 heterocycles. The third-order valence-corrected chi connectivity index (χ3v) is 6.10. The molecule has 0 saturated heterocycles. The molecule has 2 amide bonds. The van der Waals surface area contributed by atoms with Crippen LogP contribution in [0.25, 0.3) is 0 Å². The third-order valence-electron chi connectivity index (χ3n) is 4.75. The SMILES string of the molecule is Cc1ccc(O)c(NC2=C(Sc3ccc(Cl)cc3)C(=O)N(Cc3ccccc3)C2=O)c1. The summed E-state index contributed by atoms with van der Waals surface area (Å²) in [6.45, 7) is 2.04. The van der Waals surface area contributed by atoms with E-state index < -0.39 is 5.91 Å². The van der Waals surface area contributed by atoms with Gasteiger partial charge in [-0.15, -0.1) is 0 Å². The summed E-state index contributed by atoms with van der Waals surface area (Å²) in [5.41, 5.74) is 2.26. The molecule has 31 heavy (non-hydrogen) atoms. The molecule has 0 unspecified atom stereocenters. The van der Waals surface area contributed by atoms with Crippen molar-refractivity contribution in [2.24, 2.45) is 0 Å². The molecule has 7 heteroatoms. The number of carbonyl (C=O) groups is 2. The first-order valence-corrected chi connectivity index (χ1v) is 10.8. The van der Waals surface area contributed by atoms with Crippen molar-refractivity contribution in [3.8, 4) is 5.75 Å². The average molecular weight is 451 g/mol. The highest BCUT2D eigenvalue weighted by Gasteiger charge is 2.39. The number of nitrogens with one attached hydrogen (secondary N) is 1. The molecule has 0 radical (unpaired) electrons. The molecule has 5 nitrogen and oxygen atoms in total. The largest absolute Gasteiger partial charge is 0.506 e. The maximum atomic E-state index is 13.2. The van der Waals surface area contributed by atoms with Crippen LogP contribution < -0.4 is 5.32 Å². The number of aromatic hydroxyl groups is 1. The highest BCUT2D eigenvalue weighted by Crippen LogP contribution is 2.38. The maximum absolute atomic E-state index is 13.2. The van der Waals surface area contributed by atoms with Crippen LogP contribution in [0.4, 0.5) is 5.69 Å². The first kappa shape index (κ1) is 21.0. The summed E-state index contributed by atoms with van der Waals surface area (Å²) in [4.78, 5) is 28.7. The summed E-state index contributed by atoms with van der Waals surface area (Å²) in [6, 6.07) is 21.4. The van der Waals surface area contributed by atoms with Crippen LogP contribution in [0.2, 0.25) is 5.02 Å². The van der Waals surface area contributed by atoms with Crippen LogP contribution in [-0.4, -0.2) is 21.8 Å². The van der Waals surface area contributed by atoms with Crippen molar-refractivity contribution in [1.29, 1.82) is 0 Å². The minimum Gasteiger partial charge on any atom is -0.506 e. The van der Waals surface area contributed by atoms with Crippen LogP contribution in [0.15, 0.2) is 88.3 Å². The first-order chi connectivity index (χ1) is 14.9. The Morgan fingerprint density at radius 1 is 0.968 bits per heavy atom. The Morgan fingerprint density at radius 3 is 2.39 bits per heavy atom. The van der Waals surface area contributed by atoms with Crippen molar-refractivity contribution in [2.45, 2.75) is 18.4 Å². The van der Waals surface area contributed by atoms with Gasteiger partial charge in [0.05, 0.1) is 12.2 Å². The molecule has 0 aromatic heterocycles. The van der Waals surface area contributed by atoms with E-state index >= 15 is 0 Å². The quantitative estimate of drug-likeness (QED) is 0.392. The van der Waals surface area contributed by atoms with Crippen LogP contribution >= 0.6 is 23.4 Å². The molecule has 4 rings (SSSR count). The molecule has 156 valence electrons. The Kier molecular flexibility index (Phi) is 6.02. The molecule has 0 spiro atoms. The molecule has 2 N–H and O–H groups in total. The van der Waals surface area contributed by atoms with Gasteiger partial charge in [-0.05, 0) is 54.4 Å². The zero-order valence-electron chi connectivity index (χ0n) is 16.6. The van der Waals surface area contributed by atoms with Gasteiger partial charge in [0.2, 0.25) is 0 Å². The highest BCUT2D eigenvalue weighted by atomic mass is 35.5. The minimum absolute atomic E-state index is 0.00398. The predicted octanol–water partition coefficient (Wildman–Crippen LogP) is 5.34. The molecule has 0 atom stereocenters. The number of anilines is 1. The van der Waals surface area contributed by atoms with Gasteiger partial charge >= 0.3 is 0 Å². The number of phenols is 1. The van der Waals surface area contributed by atoms with Gasteiger partial charge in [-0.1, -0.05) is 59.8 Å². The lowest BCUT2D eigenvalue weighted by molar-refractivity contribution is -0.137. The zero-order chi connectivity index (χ0) is 22.0. The van der Waals surface area contributed by atoms with Gasteiger partial charge in [-0.2, -0.15) is 0 Å². The van der Waals surface area contributed by atoms with Gasteiger partial charge in [-0.25, -0.2) is 0 Å². The van der Waals surface area contributed by atoms with Gasteiger partial charge in [0, 0.05) is 9.92 Å². The molecule has 0 fully saturated rings. The molecule has 0 aliphatic carbocycles. The number of amides is 2. The lowest BCUT2D eigenvalue weighted by Crippen LogP contribution is -2.31. The van der Waals surface area contributed by atoms with Crippen LogP contribution in [0.3, 0.4) is 0 Å². The van der Waals surface area contributed by atoms with Gasteiger partial charge in [-0.3, -0.25) is 14.5 Å². The first-order valence-electron chi connectivity index (χ1n) is 9.57. The van der Waals surface area contributed by atoms with Gasteiger partial charge in [0.1, 0.15) is 16.4 Å². The summed E-state index contributed by atoms with van der Waals surface area (Å²) in [5, 5.41) is 13.8. The molecule has 0 bridgehead atoms. The monoisotopic (exact) mass is 450 g/mol. The molecule has 1 aliphatic rings. The Bertz CT molecular complexity index is 1180. The third kappa shape index (κ3) is 4.60. The number of benzene rings is 3. The van der Waals surface area contributed by atoms with Crippen molar-refractivity contribution >= 4 is 40.9 Å². The van der Waals surface area contributed by atoms with E-state index in [0.717, 1.165) is 16.0 Å². The number of aryl methyl sites for hydroxylation is 1. The number of hydrogen-bond donors (Lipinski definition) is 2. The highest BCUT2D eigenvalue weighted by molar-refractivity contribution is 8.04. The summed E-state index contributed by atoms with van der Waals surface area (Å²) in [7, 11) is 0. The number of carbonyl (C=O) groups excluding carboxylic acids is 2. The van der Waals surface area contributed by atoms with Crippen LogP contribution in [-0.2, 0) is 16.1 Å². The molecular weight excluding hydrogens is 432 g/mol. The Morgan fingerprint density at radius 2 is 1.68 bits per heavy atom. The van der Waals surface area contributed by atoms with Crippen molar-refractivity contribution in [1.82, 2.24) is 4.90 Å². The van der Waals surface area contributed by atoms with Crippen LogP contribution in [0.1, 0.15) is 11.1 Å². The molecule has 1 aliphatic heterocycles. The molecule has 3 aromatic carbocycles. The number of nitrogens with zero attached hydrogens (tertiary/aromatic N) is 1. The number of phenolic OH excluding ortho intramolecular Hbond substituents is 1. The fourth-order valence-electron chi connectivity index (χ4n) is 3.17. The van der Waals surface area contributed by atoms with Crippen molar-refractivity contribution in [2.75, 3.05) is 5.32 Å². The number of hydrogen-bond acceptors (Lipinski definition) is 5. The number of thioether (sulfide) groups is 1. The van der Waals surface area contributed by atoms with Crippen LogP contribution in [0.5, 0.6) is 5.75 Å². The maximum Gasteiger partial charge on any atom is 0.278 e. The normalized spacial score (nSPS) is 13.8. The average Bonchev–Trinajstić information content (AvgIpc) is 2.97. The van der Waals surface area contributed by atoms with E-state index in [0.29, 0.717) is 10.7 Å². The smallest absolute Gasteiger partial charge is 0.278 e. The van der Waals surface area contributed by atoms with E-state index in [1.807, 2.05) is 37.3 Å². The van der Waals surface area contributed by atoms with Crippen LogP contribution in [0, 0.1) is 6.92 Å². The van der Waals surface area contributed by atoms with E-state index in [4.69, 9.17) is 11.6 Å². The van der Waals surface area contributed by atoms with E-state index in [1.165, 1.54) is 16.7 Å². The van der Waals surface area contributed by atoms with E-state index in [9.17, 15) is 14.7 Å². The van der Waals surface area contributed by atoms with E-state index in [1.54, 1.807) is 42.5 Å². The predicted molar refractivity (Wildman–Crippen MR) is 123 cm³/mol. The number of halogens is 1. The number of imide groups is 1. The molecule has 3 aromatic rings. The van der Waals surface area contributed by atoms with E-state index in [-0.39, 0.29) is 28.8 Å². The Hall–Kier alpha value is -3.22. The standard InChI is InChI=1S/C24H19ClN2O3S/c1-15-7-12-20(28)19(13-15)26-21-22(31-18-10-8-17(25)9-11-18)24(30)27(23(21)29)14-16-5-3-2-4-6-16/h2-13,26,28H,14H2,1H3. The topological polar surface area (TPSA) is 69.6 Å². The summed E-state index contributed by atoms with van der Waals surface area (Å²) < 4.78 is 0.